The number of halogens is 1. The van der Waals surface area contributed by atoms with Gasteiger partial charge in [0.15, 0.2) is 0 Å². The molecule has 1 aliphatic rings. The second kappa shape index (κ2) is 7.15. The van der Waals surface area contributed by atoms with Crippen molar-refractivity contribution < 1.29 is 9.53 Å². The number of carbonyl (C=O) groups is 1. The van der Waals surface area contributed by atoms with Crippen LogP contribution in [0.1, 0.15) is 23.3 Å². The van der Waals surface area contributed by atoms with Crippen LogP contribution in [0.4, 0.5) is 0 Å². The number of nitrogens with one attached hydrogen (secondary N) is 1. The number of hydrogen-bond donors (Lipinski definition) is 1. The van der Waals surface area contributed by atoms with Gasteiger partial charge in [-0.25, -0.2) is 0 Å². The smallest absolute Gasteiger partial charge is 0.269 e. The third kappa shape index (κ3) is 3.92. The molecule has 0 bridgehead atoms. The number of aryl methyl sites for hydroxylation is 1. The average Bonchev–Trinajstić information content (AvgIpc) is 2.96. The first-order valence-electron chi connectivity index (χ1n) is 7.79. The maximum atomic E-state index is 12.4. The Morgan fingerprint density at radius 3 is 2.91 bits per heavy atom. The van der Waals surface area contributed by atoms with Gasteiger partial charge in [-0.2, -0.15) is 5.10 Å². The zero-order valence-electron chi connectivity index (χ0n) is 13.1. The van der Waals surface area contributed by atoms with Crippen LogP contribution in [0.25, 0.3) is 11.3 Å². The lowest BCUT2D eigenvalue weighted by molar-refractivity contribution is 0.0641. The van der Waals surface area contributed by atoms with Crippen molar-refractivity contribution in [1.82, 2.24) is 15.1 Å². The quantitative estimate of drug-likeness (QED) is 0.936. The van der Waals surface area contributed by atoms with Gasteiger partial charge in [-0.1, -0.05) is 23.7 Å². The van der Waals surface area contributed by atoms with Crippen molar-refractivity contribution in [2.24, 2.45) is 13.0 Å². The van der Waals surface area contributed by atoms with Crippen LogP contribution in [0.5, 0.6) is 0 Å². The van der Waals surface area contributed by atoms with E-state index in [4.69, 9.17) is 16.3 Å². The average molecular weight is 334 g/mol. The van der Waals surface area contributed by atoms with Gasteiger partial charge in [-0.3, -0.25) is 9.48 Å². The molecule has 0 saturated carbocycles. The number of ether oxygens (including phenoxy) is 1. The highest BCUT2D eigenvalue weighted by molar-refractivity contribution is 6.30. The van der Waals surface area contributed by atoms with Crippen LogP contribution in [0.15, 0.2) is 30.3 Å². The van der Waals surface area contributed by atoms with Crippen LogP contribution in [0, 0.1) is 5.92 Å². The molecule has 23 heavy (non-hydrogen) atoms. The lowest BCUT2D eigenvalue weighted by Crippen LogP contribution is -2.33. The third-order valence-electron chi connectivity index (χ3n) is 4.13. The summed E-state index contributed by atoms with van der Waals surface area (Å²) in [5.74, 6) is 0.396. The van der Waals surface area contributed by atoms with Gasteiger partial charge in [0.05, 0.1) is 5.69 Å². The van der Waals surface area contributed by atoms with Crippen molar-refractivity contribution in [3.63, 3.8) is 0 Å². The summed E-state index contributed by atoms with van der Waals surface area (Å²) in [7, 11) is 1.78. The van der Waals surface area contributed by atoms with Crippen LogP contribution >= 0.6 is 11.6 Å². The standard InChI is InChI=1S/C17H20ClN3O2/c1-21-16(17(22)19-11-12-5-7-23-8-6-12)10-15(20-21)13-3-2-4-14(18)9-13/h2-4,9-10,12H,5-8,11H2,1H3,(H,19,22). The van der Waals surface area contributed by atoms with Gasteiger partial charge in [-0.15, -0.1) is 0 Å². The van der Waals surface area contributed by atoms with Gasteiger partial charge < -0.3 is 10.1 Å². The monoisotopic (exact) mass is 333 g/mol. The molecular formula is C17H20ClN3O2. The van der Waals surface area contributed by atoms with Gasteiger partial charge in [-0.05, 0) is 37.0 Å². The zero-order chi connectivity index (χ0) is 16.2. The zero-order valence-corrected chi connectivity index (χ0v) is 13.8. The maximum Gasteiger partial charge on any atom is 0.269 e. The highest BCUT2D eigenvalue weighted by Crippen LogP contribution is 2.22. The van der Waals surface area contributed by atoms with Crippen LogP contribution in [-0.4, -0.2) is 35.4 Å². The number of rotatable bonds is 4. The Labute approximate surface area is 140 Å². The predicted molar refractivity (Wildman–Crippen MR) is 89.5 cm³/mol. The molecule has 3 rings (SSSR count). The van der Waals surface area contributed by atoms with Gasteiger partial charge in [0.2, 0.25) is 0 Å². The Bertz CT molecular complexity index is 693. The number of aromatic nitrogens is 2. The lowest BCUT2D eigenvalue weighted by atomic mass is 10.0. The lowest BCUT2D eigenvalue weighted by Gasteiger charge is -2.22. The summed E-state index contributed by atoms with van der Waals surface area (Å²) in [5.41, 5.74) is 2.19. The largest absolute Gasteiger partial charge is 0.381 e. The van der Waals surface area contributed by atoms with Gasteiger partial charge in [0.1, 0.15) is 5.69 Å². The van der Waals surface area contributed by atoms with Crippen LogP contribution in [0.3, 0.4) is 0 Å². The fraction of sp³-hybridized carbons (Fsp3) is 0.412. The Kier molecular flexibility index (Phi) is 4.98. The van der Waals surface area contributed by atoms with Crippen LogP contribution in [-0.2, 0) is 11.8 Å². The molecule has 1 aromatic heterocycles. The first kappa shape index (κ1) is 16.0. The minimum Gasteiger partial charge on any atom is -0.381 e. The summed E-state index contributed by atoms with van der Waals surface area (Å²) < 4.78 is 6.94. The van der Waals surface area contributed by atoms with E-state index in [1.165, 1.54) is 0 Å². The normalized spacial score (nSPS) is 15.6. The van der Waals surface area contributed by atoms with E-state index in [-0.39, 0.29) is 5.91 Å². The maximum absolute atomic E-state index is 12.4. The molecule has 1 saturated heterocycles. The second-order valence-electron chi connectivity index (χ2n) is 5.81. The molecule has 0 radical (unpaired) electrons. The van der Waals surface area contributed by atoms with Crippen molar-refractivity contribution in [1.29, 1.82) is 0 Å². The number of amides is 1. The molecule has 122 valence electrons. The van der Waals surface area contributed by atoms with E-state index in [2.05, 4.69) is 10.4 Å². The van der Waals surface area contributed by atoms with E-state index in [1.807, 2.05) is 24.3 Å². The molecule has 0 atom stereocenters. The number of nitrogens with zero attached hydrogens (tertiary/aromatic N) is 2. The number of carbonyl (C=O) groups excluding carboxylic acids is 1. The summed E-state index contributed by atoms with van der Waals surface area (Å²) in [6.45, 7) is 2.25. The van der Waals surface area contributed by atoms with E-state index < -0.39 is 0 Å². The highest BCUT2D eigenvalue weighted by Gasteiger charge is 2.18. The van der Waals surface area contributed by atoms with E-state index in [9.17, 15) is 4.79 Å². The minimum absolute atomic E-state index is 0.0974. The van der Waals surface area contributed by atoms with Crippen molar-refractivity contribution >= 4 is 17.5 Å². The van der Waals surface area contributed by atoms with Crippen molar-refractivity contribution in [3.8, 4) is 11.3 Å². The second-order valence-corrected chi connectivity index (χ2v) is 6.25. The molecule has 5 nitrogen and oxygen atoms in total. The van der Waals surface area contributed by atoms with Crippen molar-refractivity contribution in [2.75, 3.05) is 19.8 Å². The highest BCUT2D eigenvalue weighted by atomic mass is 35.5. The topological polar surface area (TPSA) is 56.2 Å². The minimum atomic E-state index is -0.0974. The van der Waals surface area contributed by atoms with Gasteiger partial charge in [0, 0.05) is 37.4 Å². The molecule has 1 amide bonds. The van der Waals surface area contributed by atoms with Crippen molar-refractivity contribution in [3.05, 3.63) is 41.0 Å². The van der Waals surface area contributed by atoms with E-state index in [1.54, 1.807) is 17.8 Å². The number of hydrogen-bond acceptors (Lipinski definition) is 3. The third-order valence-corrected chi connectivity index (χ3v) is 4.36. The van der Waals surface area contributed by atoms with Crippen LogP contribution < -0.4 is 5.32 Å². The fourth-order valence-corrected chi connectivity index (χ4v) is 2.94. The predicted octanol–water partition coefficient (Wildman–Crippen LogP) is 2.90. The molecule has 1 fully saturated rings. The first-order valence-corrected chi connectivity index (χ1v) is 8.17. The Morgan fingerprint density at radius 2 is 2.17 bits per heavy atom. The van der Waals surface area contributed by atoms with Crippen LogP contribution in [0.2, 0.25) is 5.02 Å². The molecule has 2 heterocycles. The van der Waals surface area contributed by atoms with E-state index in [0.717, 1.165) is 37.3 Å². The van der Waals surface area contributed by atoms with E-state index in [0.29, 0.717) is 23.2 Å². The molecule has 0 unspecified atom stereocenters. The fourth-order valence-electron chi connectivity index (χ4n) is 2.75. The summed E-state index contributed by atoms with van der Waals surface area (Å²) in [6, 6.07) is 9.25. The molecule has 0 aliphatic carbocycles. The van der Waals surface area contributed by atoms with Crippen molar-refractivity contribution in [2.45, 2.75) is 12.8 Å². The Hall–Kier alpha value is -1.85. The van der Waals surface area contributed by atoms with E-state index >= 15 is 0 Å². The van der Waals surface area contributed by atoms with Gasteiger partial charge in [0.25, 0.3) is 5.91 Å². The summed E-state index contributed by atoms with van der Waals surface area (Å²) >= 11 is 6.02. The first-order chi connectivity index (χ1) is 11.1. The Balaban J connectivity index is 1.69. The SMILES string of the molecule is Cn1nc(-c2cccc(Cl)c2)cc1C(=O)NCC1CCOCC1. The Morgan fingerprint density at radius 1 is 1.39 bits per heavy atom. The molecule has 1 aromatic carbocycles. The molecule has 0 spiro atoms. The number of benzene rings is 1. The molecule has 2 aromatic rings. The molecular weight excluding hydrogens is 314 g/mol. The summed E-state index contributed by atoms with van der Waals surface area (Å²) in [5, 5.41) is 8.07. The van der Waals surface area contributed by atoms with Gasteiger partial charge >= 0.3 is 0 Å². The summed E-state index contributed by atoms with van der Waals surface area (Å²) in [4.78, 5) is 12.4. The summed E-state index contributed by atoms with van der Waals surface area (Å²) in [6.07, 6.45) is 2.00. The molecule has 1 aliphatic heterocycles. The molecule has 6 heteroatoms. The molecule has 1 N–H and O–H groups in total.